The number of hydrogen-bond donors (Lipinski definition) is 2. The molecule has 0 aliphatic carbocycles. The van der Waals surface area contributed by atoms with Gasteiger partial charge in [0.2, 0.25) is 0 Å². The second kappa shape index (κ2) is 4.32. The van der Waals surface area contributed by atoms with Gasteiger partial charge in [-0.2, -0.15) is 0 Å². The quantitative estimate of drug-likeness (QED) is 0.539. The zero-order valence-electron chi connectivity index (χ0n) is 7.73. The zero-order valence-corrected chi connectivity index (χ0v) is 7.73. The minimum absolute atomic E-state index is 0.00176. The van der Waals surface area contributed by atoms with Gasteiger partial charge in [-0.15, -0.1) is 0 Å². The van der Waals surface area contributed by atoms with E-state index in [9.17, 15) is 4.79 Å². The first-order chi connectivity index (χ1) is 6.63. The van der Waals surface area contributed by atoms with Crippen LogP contribution in [0.1, 0.15) is 5.56 Å². The predicted molar refractivity (Wildman–Crippen MR) is 52.3 cm³/mol. The molecular formula is C10H11NO3. The molecule has 3 N–H and O–H groups in total. The van der Waals surface area contributed by atoms with Crippen molar-refractivity contribution < 1.29 is 14.6 Å². The van der Waals surface area contributed by atoms with Crippen LogP contribution in [-0.2, 0) is 9.53 Å². The fraction of sp³-hybridized carbons (Fsp3) is 0.100. The lowest BCUT2D eigenvalue weighted by Crippen LogP contribution is -2.12. The molecule has 4 heteroatoms. The number of nitrogens with two attached hydrogens (primary N) is 1. The Hall–Kier alpha value is -1.97. The van der Waals surface area contributed by atoms with E-state index in [4.69, 9.17) is 10.8 Å². The fourth-order valence-electron chi connectivity index (χ4n) is 0.971. The number of carbonyl (C=O) groups is 1. The molecule has 0 heterocycles. The first-order valence-electron chi connectivity index (χ1n) is 3.98. The molecule has 0 radical (unpaired) electrons. The van der Waals surface area contributed by atoms with E-state index in [2.05, 4.69) is 4.74 Å². The third kappa shape index (κ3) is 2.52. The summed E-state index contributed by atoms with van der Waals surface area (Å²) in [5, 5.41) is 9.14. The van der Waals surface area contributed by atoms with Gasteiger partial charge in [0.25, 0.3) is 0 Å². The molecular weight excluding hydrogens is 182 g/mol. The molecule has 0 atom stereocenters. The van der Waals surface area contributed by atoms with Crippen LogP contribution in [0.5, 0.6) is 5.75 Å². The summed E-state index contributed by atoms with van der Waals surface area (Å²) in [7, 11) is 1.26. The summed E-state index contributed by atoms with van der Waals surface area (Å²) in [6.45, 7) is 0. The van der Waals surface area contributed by atoms with E-state index < -0.39 is 5.97 Å². The molecule has 0 amide bonds. The monoisotopic (exact) mass is 193 g/mol. The van der Waals surface area contributed by atoms with Gasteiger partial charge < -0.3 is 15.6 Å². The van der Waals surface area contributed by atoms with Crippen molar-refractivity contribution in [1.82, 2.24) is 0 Å². The van der Waals surface area contributed by atoms with Gasteiger partial charge in [0.1, 0.15) is 11.4 Å². The Balaban J connectivity index is 2.91. The summed E-state index contributed by atoms with van der Waals surface area (Å²) in [6.07, 6.45) is 1.44. The number of methoxy groups -OCH3 is 1. The Morgan fingerprint density at radius 1 is 1.57 bits per heavy atom. The number of aromatic hydroxyl groups is 1. The van der Waals surface area contributed by atoms with Gasteiger partial charge in [0, 0.05) is 0 Å². The normalized spacial score (nSPS) is 11.1. The van der Waals surface area contributed by atoms with Crippen LogP contribution in [0.25, 0.3) is 6.08 Å². The largest absolute Gasteiger partial charge is 0.508 e. The Kier molecular flexibility index (Phi) is 3.12. The highest BCUT2D eigenvalue weighted by molar-refractivity contribution is 5.92. The van der Waals surface area contributed by atoms with Gasteiger partial charge in [-0.05, 0) is 23.8 Å². The summed E-state index contributed by atoms with van der Waals surface area (Å²) in [4.78, 5) is 10.9. The van der Waals surface area contributed by atoms with Crippen LogP contribution in [0.2, 0.25) is 0 Å². The summed E-state index contributed by atoms with van der Waals surface area (Å²) in [6, 6.07) is 6.41. The van der Waals surface area contributed by atoms with Crippen molar-refractivity contribution in [3.8, 4) is 5.75 Å². The first-order valence-corrected chi connectivity index (χ1v) is 3.98. The molecule has 0 aliphatic rings. The lowest BCUT2D eigenvalue weighted by molar-refractivity contribution is -0.136. The van der Waals surface area contributed by atoms with E-state index >= 15 is 0 Å². The Morgan fingerprint density at radius 3 is 2.86 bits per heavy atom. The van der Waals surface area contributed by atoms with Crippen molar-refractivity contribution in [2.24, 2.45) is 5.73 Å². The number of hydrogen-bond acceptors (Lipinski definition) is 4. The van der Waals surface area contributed by atoms with Crippen molar-refractivity contribution in [3.63, 3.8) is 0 Å². The Bertz CT molecular complexity index is 371. The number of carbonyl (C=O) groups excluding carboxylic acids is 1. The van der Waals surface area contributed by atoms with Crippen LogP contribution < -0.4 is 5.73 Å². The molecule has 14 heavy (non-hydrogen) atoms. The highest BCUT2D eigenvalue weighted by Crippen LogP contribution is 2.12. The number of phenolic OH excluding ortho intramolecular Hbond substituents is 1. The Labute approximate surface area is 81.6 Å². The second-order valence-electron chi connectivity index (χ2n) is 2.69. The van der Waals surface area contributed by atoms with Gasteiger partial charge in [-0.3, -0.25) is 0 Å². The number of ether oxygens (including phenoxy) is 1. The number of benzene rings is 1. The van der Waals surface area contributed by atoms with E-state index in [0.717, 1.165) is 0 Å². The Morgan fingerprint density at radius 2 is 2.29 bits per heavy atom. The maximum absolute atomic E-state index is 10.9. The van der Waals surface area contributed by atoms with Gasteiger partial charge in [0.05, 0.1) is 7.11 Å². The predicted octanol–water partition coefficient (Wildman–Crippen LogP) is 0.865. The van der Waals surface area contributed by atoms with Crippen molar-refractivity contribution in [2.75, 3.05) is 7.11 Å². The highest BCUT2D eigenvalue weighted by Gasteiger charge is 2.03. The highest BCUT2D eigenvalue weighted by atomic mass is 16.5. The average molecular weight is 193 g/mol. The summed E-state index contributed by atoms with van der Waals surface area (Å²) in [5.41, 5.74) is 6.06. The minimum Gasteiger partial charge on any atom is -0.508 e. The van der Waals surface area contributed by atoms with Gasteiger partial charge in [-0.1, -0.05) is 12.1 Å². The second-order valence-corrected chi connectivity index (χ2v) is 2.69. The molecule has 74 valence electrons. The molecule has 0 saturated heterocycles. The van der Waals surface area contributed by atoms with Gasteiger partial charge >= 0.3 is 5.97 Å². The summed E-state index contributed by atoms with van der Waals surface area (Å²) in [5.74, 6) is -0.468. The third-order valence-electron chi connectivity index (χ3n) is 1.61. The summed E-state index contributed by atoms with van der Waals surface area (Å²) >= 11 is 0. The molecule has 0 aliphatic heterocycles. The first kappa shape index (κ1) is 10.1. The van der Waals surface area contributed by atoms with Crippen LogP contribution >= 0.6 is 0 Å². The molecule has 0 saturated carbocycles. The van der Waals surface area contributed by atoms with E-state index in [1.165, 1.54) is 25.3 Å². The number of esters is 1. The summed E-state index contributed by atoms with van der Waals surface area (Å²) < 4.78 is 4.42. The van der Waals surface area contributed by atoms with Crippen LogP contribution in [0.4, 0.5) is 0 Å². The average Bonchev–Trinajstić information content (AvgIpc) is 2.16. The van der Waals surface area contributed by atoms with Crippen molar-refractivity contribution in [2.45, 2.75) is 0 Å². The topological polar surface area (TPSA) is 72.5 Å². The van der Waals surface area contributed by atoms with Crippen molar-refractivity contribution in [3.05, 3.63) is 35.5 Å². The molecule has 1 rings (SSSR count). The van der Waals surface area contributed by atoms with Crippen LogP contribution in [0.15, 0.2) is 30.0 Å². The maximum atomic E-state index is 10.9. The van der Waals surface area contributed by atoms with Crippen LogP contribution in [-0.4, -0.2) is 18.2 Å². The van der Waals surface area contributed by atoms with E-state index in [1.54, 1.807) is 12.1 Å². The molecule has 4 nitrogen and oxygen atoms in total. The van der Waals surface area contributed by atoms with Gasteiger partial charge in [-0.25, -0.2) is 4.79 Å². The number of phenols is 1. The molecule has 0 unspecified atom stereocenters. The minimum atomic E-state index is -0.589. The van der Waals surface area contributed by atoms with Crippen molar-refractivity contribution in [1.29, 1.82) is 0 Å². The molecule has 1 aromatic rings. The number of rotatable bonds is 2. The van der Waals surface area contributed by atoms with Crippen molar-refractivity contribution >= 4 is 12.0 Å². The smallest absolute Gasteiger partial charge is 0.353 e. The molecule has 0 aromatic heterocycles. The molecule has 0 spiro atoms. The van der Waals surface area contributed by atoms with E-state index in [0.29, 0.717) is 5.56 Å². The van der Waals surface area contributed by atoms with E-state index in [1.807, 2.05) is 0 Å². The van der Waals surface area contributed by atoms with Crippen LogP contribution in [0, 0.1) is 0 Å². The fourth-order valence-corrected chi connectivity index (χ4v) is 0.971. The SMILES string of the molecule is COC(=O)/C(N)=C\c1cccc(O)c1. The molecule has 0 fully saturated rings. The van der Waals surface area contributed by atoms with E-state index in [-0.39, 0.29) is 11.4 Å². The standard InChI is InChI=1S/C10H11NO3/c1-14-10(13)9(11)6-7-3-2-4-8(12)5-7/h2-6,12H,11H2,1H3/b9-6+. The van der Waals surface area contributed by atoms with Gasteiger partial charge in [0.15, 0.2) is 0 Å². The van der Waals surface area contributed by atoms with Crippen LogP contribution in [0.3, 0.4) is 0 Å². The lowest BCUT2D eigenvalue weighted by Gasteiger charge is -1.99. The lowest BCUT2D eigenvalue weighted by atomic mass is 10.2. The zero-order chi connectivity index (χ0) is 10.6. The third-order valence-corrected chi connectivity index (χ3v) is 1.61. The molecule has 1 aromatic carbocycles. The maximum Gasteiger partial charge on any atom is 0.353 e. The molecule has 0 bridgehead atoms.